The predicted molar refractivity (Wildman–Crippen MR) is 57.1 cm³/mol. The molecule has 1 aromatic rings. The maximum Gasteiger partial charge on any atom is 0.417 e. The molecule has 0 aromatic heterocycles. The normalized spacial score (nSPS) is 12.4. The van der Waals surface area contributed by atoms with Crippen LogP contribution in [0.25, 0.3) is 0 Å². The molecule has 0 N–H and O–H groups in total. The molecule has 0 aliphatic rings. The van der Waals surface area contributed by atoms with Crippen molar-refractivity contribution in [1.82, 2.24) is 0 Å². The Morgan fingerprint density at radius 1 is 1.05 bits per heavy atom. The minimum atomic E-state index is -5.22. The summed E-state index contributed by atoms with van der Waals surface area (Å²) < 4.78 is 80.4. The van der Waals surface area contributed by atoms with Gasteiger partial charge in [0.2, 0.25) is 0 Å². The van der Waals surface area contributed by atoms with Crippen molar-refractivity contribution in [3.63, 3.8) is 0 Å². The van der Waals surface area contributed by atoms with E-state index in [9.17, 15) is 31.1 Å². The molecule has 0 radical (unpaired) electrons. The molecule has 2 nitrogen and oxygen atoms in total. The zero-order valence-electron chi connectivity index (χ0n) is 10.4. The quantitative estimate of drug-likeness (QED) is 0.604. The topological polar surface area (TPSA) is 26.3 Å². The Morgan fingerprint density at radius 2 is 1.50 bits per heavy atom. The van der Waals surface area contributed by atoms with Crippen LogP contribution in [0.5, 0.6) is 0 Å². The summed E-state index contributed by atoms with van der Waals surface area (Å²) in [5, 5.41) is 0. The van der Waals surface area contributed by atoms with Gasteiger partial charge in [0.05, 0.1) is 23.3 Å². The number of aryl methyl sites for hydroxylation is 1. The van der Waals surface area contributed by atoms with E-state index < -0.39 is 35.0 Å². The molecule has 0 saturated heterocycles. The lowest BCUT2D eigenvalue weighted by atomic mass is 9.98. The van der Waals surface area contributed by atoms with Gasteiger partial charge in [0.25, 0.3) is 0 Å². The minimum Gasteiger partial charge on any atom is -0.462 e. The van der Waals surface area contributed by atoms with Crippen molar-refractivity contribution in [3.8, 4) is 0 Å². The van der Waals surface area contributed by atoms with Gasteiger partial charge in [-0.05, 0) is 31.5 Å². The van der Waals surface area contributed by atoms with E-state index in [1.54, 1.807) is 0 Å². The van der Waals surface area contributed by atoms with Crippen molar-refractivity contribution >= 4 is 5.97 Å². The lowest BCUT2D eigenvalue weighted by molar-refractivity contribution is -0.162. The largest absolute Gasteiger partial charge is 0.462 e. The van der Waals surface area contributed by atoms with Crippen molar-refractivity contribution in [2.24, 2.45) is 0 Å². The molecule has 0 aliphatic carbocycles. The van der Waals surface area contributed by atoms with Crippen molar-refractivity contribution in [2.75, 3.05) is 6.61 Å². The minimum absolute atomic E-state index is 0.0966. The average Bonchev–Trinajstić information content (AvgIpc) is 2.25. The summed E-state index contributed by atoms with van der Waals surface area (Å²) in [6.07, 6.45) is -10.4. The lowest BCUT2D eigenvalue weighted by Crippen LogP contribution is -2.19. The van der Waals surface area contributed by atoms with Gasteiger partial charge >= 0.3 is 18.3 Å². The number of ether oxygens (including phenoxy) is 1. The van der Waals surface area contributed by atoms with Crippen LogP contribution in [-0.4, -0.2) is 12.6 Å². The second-order valence-electron chi connectivity index (χ2n) is 3.93. The third-order valence-corrected chi connectivity index (χ3v) is 2.47. The molecule has 0 atom stereocenters. The maximum atomic E-state index is 12.7. The first kappa shape index (κ1) is 16.3. The van der Waals surface area contributed by atoms with Crippen LogP contribution in [0.1, 0.15) is 34.0 Å². The first-order valence-corrected chi connectivity index (χ1v) is 5.44. The third-order valence-electron chi connectivity index (χ3n) is 2.47. The van der Waals surface area contributed by atoms with Gasteiger partial charge in [-0.1, -0.05) is 0 Å². The second kappa shape index (κ2) is 5.34. The average molecular weight is 300 g/mol. The highest BCUT2D eigenvalue weighted by atomic mass is 19.4. The molecule has 1 aromatic carbocycles. The number of alkyl halides is 6. The molecule has 1 rings (SSSR count). The van der Waals surface area contributed by atoms with E-state index in [2.05, 4.69) is 4.74 Å². The predicted octanol–water partition coefficient (Wildman–Crippen LogP) is 4.21. The van der Waals surface area contributed by atoms with Gasteiger partial charge in [-0.3, -0.25) is 0 Å². The Morgan fingerprint density at radius 3 is 1.90 bits per heavy atom. The Hall–Kier alpha value is -1.73. The van der Waals surface area contributed by atoms with Gasteiger partial charge < -0.3 is 4.74 Å². The van der Waals surface area contributed by atoms with Gasteiger partial charge in [-0.2, -0.15) is 26.3 Å². The molecule has 0 saturated carbocycles. The molecule has 20 heavy (non-hydrogen) atoms. The van der Waals surface area contributed by atoms with E-state index in [-0.39, 0.29) is 18.2 Å². The highest BCUT2D eigenvalue weighted by molar-refractivity contribution is 5.91. The monoisotopic (exact) mass is 300 g/mol. The van der Waals surface area contributed by atoms with Crippen LogP contribution < -0.4 is 0 Å². The number of hydrogen-bond acceptors (Lipinski definition) is 2. The number of benzene rings is 1. The molecular formula is C12H10F6O2. The number of esters is 1. The van der Waals surface area contributed by atoms with E-state index in [1.807, 2.05) is 0 Å². The third kappa shape index (κ3) is 3.43. The number of halogens is 6. The van der Waals surface area contributed by atoms with Crippen LogP contribution >= 0.6 is 0 Å². The molecule has 0 bridgehead atoms. The van der Waals surface area contributed by atoms with E-state index >= 15 is 0 Å². The zero-order chi connectivity index (χ0) is 15.7. The van der Waals surface area contributed by atoms with E-state index in [4.69, 9.17) is 0 Å². The van der Waals surface area contributed by atoms with E-state index in [1.165, 1.54) is 6.92 Å². The van der Waals surface area contributed by atoms with Crippen LogP contribution in [0, 0.1) is 6.92 Å². The smallest absolute Gasteiger partial charge is 0.417 e. The Bertz CT molecular complexity index is 516. The molecule has 0 aliphatic heterocycles. The molecule has 0 fully saturated rings. The molecule has 0 amide bonds. The summed E-state index contributed by atoms with van der Waals surface area (Å²) in [5.74, 6) is -1.09. The second-order valence-corrected chi connectivity index (χ2v) is 3.93. The molecule has 112 valence electrons. The summed E-state index contributed by atoms with van der Waals surface area (Å²) in [6.45, 7) is 2.45. The van der Waals surface area contributed by atoms with Gasteiger partial charge in [-0.25, -0.2) is 4.79 Å². The van der Waals surface area contributed by atoms with Crippen LogP contribution in [0.2, 0.25) is 0 Å². The highest BCUT2D eigenvalue weighted by Gasteiger charge is 2.43. The van der Waals surface area contributed by atoms with Crippen LogP contribution in [0.4, 0.5) is 26.3 Å². The molecule has 0 heterocycles. The summed E-state index contributed by atoms with van der Waals surface area (Å²) in [7, 11) is 0. The number of carbonyl (C=O) groups is 1. The number of hydrogen-bond donors (Lipinski definition) is 0. The van der Waals surface area contributed by atoms with Crippen molar-refractivity contribution in [2.45, 2.75) is 26.2 Å². The fourth-order valence-electron chi connectivity index (χ4n) is 1.61. The zero-order valence-corrected chi connectivity index (χ0v) is 10.4. The molecule has 8 heteroatoms. The van der Waals surface area contributed by atoms with Gasteiger partial charge in [0.15, 0.2) is 0 Å². The van der Waals surface area contributed by atoms with Crippen molar-refractivity contribution < 1.29 is 35.9 Å². The standard InChI is InChI=1S/C12H10F6O2/c1-3-20-10(19)7-5-9(12(16,17)18)8(4-6(7)2)11(13,14)15/h4-5H,3H2,1-2H3. The Labute approximate surface area is 110 Å². The van der Waals surface area contributed by atoms with Crippen molar-refractivity contribution in [1.29, 1.82) is 0 Å². The Balaban J connectivity index is 3.53. The summed E-state index contributed by atoms with van der Waals surface area (Å²) >= 11 is 0. The number of carbonyl (C=O) groups excluding carboxylic acids is 1. The summed E-state index contributed by atoms with van der Waals surface area (Å²) in [4.78, 5) is 11.4. The van der Waals surface area contributed by atoms with Gasteiger partial charge in [0.1, 0.15) is 0 Å². The van der Waals surface area contributed by atoms with Gasteiger partial charge in [-0.15, -0.1) is 0 Å². The van der Waals surface area contributed by atoms with Crippen LogP contribution in [0.15, 0.2) is 12.1 Å². The number of rotatable bonds is 2. The first-order valence-electron chi connectivity index (χ1n) is 5.44. The van der Waals surface area contributed by atoms with Gasteiger partial charge in [0, 0.05) is 0 Å². The SMILES string of the molecule is CCOC(=O)c1cc(C(F)(F)F)c(C(F)(F)F)cc1C. The first-order chi connectivity index (χ1) is 8.98. The molecule has 0 spiro atoms. The van der Waals surface area contributed by atoms with E-state index in [0.29, 0.717) is 6.07 Å². The van der Waals surface area contributed by atoms with Crippen molar-refractivity contribution in [3.05, 3.63) is 34.4 Å². The molecule has 0 unspecified atom stereocenters. The maximum absolute atomic E-state index is 12.7. The van der Waals surface area contributed by atoms with Crippen LogP contribution in [-0.2, 0) is 17.1 Å². The lowest BCUT2D eigenvalue weighted by Gasteiger charge is -2.18. The fourth-order valence-corrected chi connectivity index (χ4v) is 1.61. The summed E-state index contributed by atoms with van der Waals surface area (Å²) in [5.41, 5.74) is -4.50. The fraction of sp³-hybridized carbons (Fsp3) is 0.417. The summed E-state index contributed by atoms with van der Waals surface area (Å²) in [6, 6.07) is 0.477. The Kier molecular flexibility index (Phi) is 4.36. The molecular weight excluding hydrogens is 290 g/mol. The van der Waals surface area contributed by atoms with Crippen LogP contribution in [0.3, 0.4) is 0 Å². The highest BCUT2D eigenvalue weighted by Crippen LogP contribution is 2.41. The van der Waals surface area contributed by atoms with E-state index in [0.717, 1.165) is 6.92 Å².